The summed E-state index contributed by atoms with van der Waals surface area (Å²) in [5.74, 6) is -0.191. The van der Waals surface area contributed by atoms with Crippen LogP contribution in [0.3, 0.4) is 0 Å². The molecule has 35 heavy (non-hydrogen) atoms. The fraction of sp³-hybridized carbons (Fsp3) is 0.154. The van der Waals surface area contributed by atoms with Crippen molar-refractivity contribution in [2.75, 3.05) is 0 Å². The van der Waals surface area contributed by atoms with Crippen LogP contribution in [0, 0.1) is 27.7 Å². The third-order valence-corrected chi connectivity index (χ3v) is 8.04. The van der Waals surface area contributed by atoms with Crippen molar-refractivity contribution in [1.29, 1.82) is 0 Å². The zero-order valence-electron chi connectivity index (χ0n) is 19.7. The van der Waals surface area contributed by atoms with Crippen molar-refractivity contribution in [2.45, 2.75) is 37.5 Å². The third kappa shape index (κ3) is 4.43. The minimum absolute atomic E-state index is 0.102. The van der Waals surface area contributed by atoms with E-state index in [1.54, 1.807) is 25.1 Å². The Hall–Kier alpha value is -3.24. The van der Waals surface area contributed by atoms with E-state index in [0.717, 1.165) is 16.7 Å². The van der Waals surface area contributed by atoms with Gasteiger partial charge < -0.3 is 5.11 Å². The summed E-state index contributed by atoms with van der Waals surface area (Å²) in [5.41, 5.74) is 4.38. The van der Waals surface area contributed by atoms with Crippen LogP contribution >= 0.6 is 0 Å². The molecule has 4 aromatic rings. The Kier molecular flexibility index (Phi) is 6.01. The number of fused-ring (bicyclic) bond motifs is 1. The predicted octanol–water partition coefficient (Wildman–Crippen LogP) is 4.41. The van der Waals surface area contributed by atoms with Crippen LogP contribution in [-0.2, 0) is 20.0 Å². The van der Waals surface area contributed by atoms with Gasteiger partial charge >= 0.3 is 0 Å². The van der Waals surface area contributed by atoms with Gasteiger partial charge in [0.25, 0.3) is 0 Å². The van der Waals surface area contributed by atoms with Crippen LogP contribution in [0.1, 0.15) is 22.3 Å². The summed E-state index contributed by atoms with van der Waals surface area (Å²) in [4.78, 5) is -0.744. The highest BCUT2D eigenvalue weighted by molar-refractivity contribution is 7.90. The number of aromatic hydroxyl groups is 1. The maximum Gasteiger partial charge on any atom is 0.239 e. The molecule has 0 unspecified atom stereocenters. The maximum absolute atomic E-state index is 13.3. The van der Waals surface area contributed by atoms with Crippen molar-refractivity contribution < 1.29 is 21.9 Å². The minimum atomic E-state index is -4.48. The number of hydrogen-bond donors (Lipinski definition) is 3. The average Bonchev–Trinajstić information content (AvgIpc) is 2.70. The van der Waals surface area contributed by atoms with E-state index in [4.69, 9.17) is 10.3 Å². The van der Waals surface area contributed by atoms with Gasteiger partial charge in [0.05, 0.1) is 9.79 Å². The van der Waals surface area contributed by atoms with Crippen LogP contribution in [0.5, 0.6) is 5.75 Å². The predicted molar refractivity (Wildman–Crippen MR) is 138 cm³/mol. The molecule has 4 rings (SSSR count). The van der Waals surface area contributed by atoms with E-state index in [9.17, 15) is 21.9 Å². The molecule has 182 valence electrons. The number of nitrogens with two attached hydrogens (primary N) is 2. The van der Waals surface area contributed by atoms with Gasteiger partial charge in [-0.25, -0.2) is 27.1 Å². The van der Waals surface area contributed by atoms with Gasteiger partial charge in [0.1, 0.15) is 5.75 Å². The molecule has 0 bridgehead atoms. The van der Waals surface area contributed by atoms with Gasteiger partial charge in [0, 0.05) is 16.5 Å². The number of phenols is 1. The van der Waals surface area contributed by atoms with E-state index in [1.807, 2.05) is 39.0 Å². The van der Waals surface area contributed by atoms with Gasteiger partial charge in [0.15, 0.2) is 0 Å². The largest absolute Gasteiger partial charge is 0.508 e. The van der Waals surface area contributed by atoms with Crippen LogP contribution in [0.4, 0.5) is 0 Å². The molecule has 4 aromatic carbocycles. The molecule has 0 aliphatic carbocycles. The lowest BCUT2D eigenvalue weighted by atomic mass is 9.88. The molecule has 0 saturated heterocycles. The molecule has 0 aromatic heterocycles. The van der Waals surface area contributed by atoms with Crippen molar-refractivity contribution in [1.82, 2.24) is 0 Å². The zero-order valence-corrected chi connectivity index (χ0v) is 21.4. The summed E-state index contributed by atoms with van der Waals surface area (Å²) in [5, 5.41) is 22.2. The highest BCUT2D eigenvalue weighted by Gasteiger charge is 2.33. The van der Waals surface area contributed by atoms with Gasteiger partial charge in [-0.3, -0.25) is 0 Å². The molecule has 0 saturated carbocycles. The van der Waals surface area contributed by atoms with Crippen molar-refractivity contribution in [3.05, 3.63) is 76.9 Å². The van der Waals surface area contributed by atoms with Crippen LogP contribution in [0.2, 0.25) is 0 Å². The van der Waals surface area contributed by atoms with Gasteiger partial charge in [-0.2, -0.15) is 0 Å². The molecular formula is C26H26N2O5S2. The fourth-order valence-corrected chi connectivity index (χ4v) is 6.74. The smallest absolute Gasteiger partial charge is 0.239 e. The molecule has 0 heterocycles. The van der Waals surface area contributed by atoms with Crippen LogP contribution in [0.25, 0.3) is 33.0 Å². The van der Waals surface area contributed by atoms with E-state index in [-0.39, 0.29) is 32.5 Å². The minimum Gasteiger partial charge on any atom is -0.508 e. The number of aryl methyl sites for hydroxylation is 4. The molecule has 7 nitrogen and oxygen atoms in total. The summed E-state index contributed by atoms with van der Waals surface area (Å²) < 4.78 is 52.6. The summed E-state index contributed by atoms with van der Waals surface area (Å²) in [6.07, 6.45) is 0. The molecular weight excluding hydrogens is 484 g/mol. The molecule has 0 aliphatic rings. The normalized spacial score (nSPS) is 12.3. The Morgan fingerprint density at radius 3 is 1.54 bits per heavy atom. The summed E-state index contributed by atoms with van der Waals surface area (Å²) in [6, 6.07) is 14.9. The summed E-state index contributed by atoms with van der Waals surface area (Å²) in [6.45, 7) is 7.38. The topological polar surface area (TPSA) is 141 Å². The Labute approximate surface area is 205 Å². The van der Waals surface area contributed by atoms with Crippen molar-refractivity contribution in [3.8, 4) is 28.0 Å². The number of phenolic OH excluding ortho intramolecular Hbond substituents is 1. The Balaban J connectivity index is 2.45. The summed E-state index contributed by atoms with van der Waals surface area (Å²) in [7, 11) is -8.96. The van der Waals surface area contributed by atoms with E-state index in [0.29, 0.717) is 16.7 Å². The third-order valence-electron chi connectivity index (χ3n) is 6.07. The SMILES string of the molecule is Cc1ccc(-c2c(S(N)(=O)=O)c(-c3ccc(C)cc3C)c3ccc(O)cc3c2S(N)(=O)=O)c(C)c1. The average molecular weight is 511 g/mol. The molecule has 0 radical (unpaired) electrons. The lowest BCUT2D eigenvalue weighted by molar-refractivity contribution is 0.476. The van der Waals surface area contributed by atoms with Crippen molar-refractivity contribution in [2.24, 2.45) is 10.3 Å². The van der Waals surface area contributed by atoms with Gasteiger partial charge in [-0.15, -0.1) is 0 Å². The van der Waals surface area contributed by atoms with Crippen LogP contribution in [0.15, 0.2) is 64.4 Å². The number of primary sulfonamides is 2. The first-order valence-electron chi connectivity index (χ1n) is 10.7. The number of hydrogen-bond acceptors (Lipinski definition) is 5. The quantitative estimate of drug-likeness (QED) is 0.373. The Bertz CT molecular complexity index is 1740. The molecule has 5 N–H and O–H groups in total. The van der Waals surface area contributed by atoms with Gasteiger partial charge in [0.2, 0.25) is 20.0 Å². The van der Waals surface area contributed by atoms with E-state index >= 15 is 0 Å². The Morgan fingerprint density at radius 2 is 1.09 bits per heavy atom. The molecule has 0 atom stereocenters. The second kappa shape index (κ2) is 8.46. The number of sulfonamides is 2. The first kappa shape index (κ1) is 24.9. The lowest BCUT2D eigenvalue weighted by Gasteiger charge is -2.23. The van der Waals surface area contributed by atoms with E-state index < -0.39 is 24.9 Å². The number of rotatable bonds is 4. The van der Waals surface area contributed by atoms with E-state index in [1.165, 1.54) is 18.2 Å². The van der Waals surface area contributed by atoms with Crippen molar-refractivity contribution >= 4 is 30.8 Å². The molecule has 0 amide bonds. The Morgan fingerprint density at radius 1 is 0.600 bits per heavy atom. The number of benzene rings is 4. The monoisotopic (exact) mass is 510 g/mol. The first-order valence-corrected chi connectivity index (χ1v) is 13.8. The second-order valence-corrected chi connectivity index (χ2v) is 11.9. The fourth-order valence-electron chi connectivity index (χ4n) is 4.70. The van der Waals surface area contributed by atoms with Crippen molar-refractivity contribution in [3.63, 3.8) is 0 Å². The van der Waals surface area contributed by atoms with Gasteiger partial charge in [-0.05, 0) is 73.5 Å². The maximum atomic E-state index is 13.3. The highest BCUT2D eigenvalue weighted by Crippen LogP contribution is 2.47. The lowest BCUT2D eigenvalue weighted by Crippen LogP contribution is -2.20. The molecule has 0 aliphatic heterocycles. The summed E-state index contributed by atoms with van der Waals surface area (Å²) >= 11 is 0. The van der Waals surface area contributed by atoms with Gasteiger partial charge in [-0.1, -0.05) is 47.5 Å². The zero-order chi connectivity index (χ0) is 25.9. The highest BCUT2D eigenvalue weighted by atomic mass is 32.2. The molecule has 9 heteroatoms. The first-order chi connectivity index (χ1) is 16.2. The van der Waals surface area contributed by atoms with E-state index in [2.05, 4.69) is 0 Å². The standard InChI is InChI=1S/C26H26N2O5S2/c1-14-5-8-19(16(3)11-14)23-21-10-7-18(29)13-22(21)25(34(27,30)31)24(26(23)35(28,32)33)20-9-6-15(2)12-17(20)4/h5-13,29H,1-4H3,(H2,27,30,31)(H2,28,32,33). The molecule has 0 fully saturated rings. The second-order valence-electron chi connectivity index (χ2n) is 8.86. The van der Waals surface area contributed by atoms with Crippen LogP contribution < -0.4 is 10.3 Å². The van der Waals surface area contributed by atoms with Crippen LogP contribution in [-0.4, -0.2) is 21.9 Å². The molecule has 0 spiro atoms.